The average Bonchev–Trinajstić information content (AvgIpc) is 3.21. The van der Waals surface area contributed by atoms with Gasteiger partial charge in [0.15, 0.2) is 0 Å². The Hall–Kier alpha value is -2.77. The standard InChI is InChI=1S/C26H18S/c1-27-17-14-15-21-20-10-4-7-13-24(20)26(25(21)16-17)22-11-5-2-8-18(22)19-9-3-6-12-23(19)26/h2-16H,1H3. The fourth-order valence-corrected chi connectivity index (χ4v) is 5.64. The van der Waals surface area contributed by atoms with Crippen molar-refractivity contribution in [2.75, 3.05) is 6.26 Å². The Kier molecular flexibility index (Phi) is 3.04. The summed E-state index contributed by atoms with van der Waals surface area (Å²) < 4.78 is 0. The maximum Gasteiger partial charge on any atom is 0.0725 e. The number of fused-ring (bicyclic) bond motifs is 10. The zero-order valence-corrected chi connectivity index (χ0v) is 15.9. The molecule has 1 spiro atoms. The molecule has 128 valence electrons. The van der Waals surface area contributed by atoms with Gasteiger partial charge < -0.3 is 0 Å². The van der Waals surface area contributed by atoms with Crippen LogP contribution in [0.15, 0.2) is 95.9 Å². The van der Waals surface area contributed by atoms with E-state index in [0.29, 0.717) is 0 Å². The summed E-state index contributed by atoms with van der Waals surface area (Å²) in [5.74, 6) is 0. The van der Waals surface area contributed by atoms with E-state index in [1.165, 1.54) is 49.4 Å². The molecule has 0 radical (unpaired) electrons. The Morgan fingerprint density at radius 1 is 0.519 bits per heavy atom. The summed E-state index contributed by atoms with van der Waals surface area (Å²) in [5.41, 5.74) is 10.9. The summed E-state index contributed by atoms with van der Waals surface area (Å²) in [5, 5.41) is 0. The van der Waals surface area contributed by atoms with Gasteiger partial charge in [-0.3, -0.25) is 0 Å². The molecule has 2 aliphatic rings. The minimum atomic E-state index is -0.204. The molecule has 0 saturated carbocycles. The first-order valence-corrected chi connectivity index (χ1v) is 10.6. The zero-order chi connectivity index (χ0) is 18.0. The van der Waals surface area contributed by atoms with Crippen LogP contribution in [-0.2, 0) is 5.41 Å². The van der Waals surface area contributed by atoms with E-state index in [0.717, 1.165) is 0 Å². The molecule has 0 N–H and O–H groups in total. The van der Waals surface area contributed by atoms with Crippen molar-refractivity contribution in [2.45, 2.75) is 10.3 Å². The van der Waals surface area contributed by atoms with Crippen LogP contribution < -0.4 is 0 Å². The van der Waals surface area contributed by atoms with Gasteiger partial charge in [-0.2, -0.15) is 0 Å². The molecule has 4 aromatic carbocycles. The SMILES string of the molecule is CSc1ccc2c(c1)C1(c3ccccc3-c3ccccc31)c1ccccc1-2. The van der Waals surface area contributed by atoms with Gasteiger partial charge in [0.05, 0.1) is 5.41 Å². The predicted octanol–water partition coefficient (Wildman–Crippen LogP) is 6.75. The van der Waals surface area contributed by atoms with E-state index < -0.39 is 0 Å². The first kappa shape index (κ1) is 15.3. The maximum absolute atomic E-state index is 2.42. The molecule has 2 aliphatic carbocycles. The van der Waals surface area contributed by atoms with Crippen molar-refractivity contribution in [1.29, 1.82) is 0 Å². The molecule has 0 aliphatic heterocycles. The Morgan fingerprint density at radius 2 is 0.963 bits per heavy atom. The minimum absolute atomic E-state index is 0.204. The second-order valence-corrected chi connectivity index (χ2v) is 8.18. The van der Waals surface area contributed by atoms with Gasteiger partial charge in [0.2, 0.25) is 0 Å². The van der Waals surface area contributed by atoms with E-state index in [2.05, 4.69) is 97.3 Å². The quantitative estimate of drug-likeness (QED) is 0.291. The highest BCUT2D eigenvalue weighted by molar-refractivity contribution is 7.98. The van der Waals surface area contributed by atoms with E-state index >= 15 is 0 Å². The lowest BCUT2D eigenvalue weighted by molar-refractivity contribution is 0.791. The minimum Gasteiger partial charge on any atom is -0.130 e. The molecule has 0 bridgehead atoms. The molecule has 0 nitrogen and oxygen atoms in total. The third kappa shape index (κ3) is 1.76. The lowest BCUT2D eigenvalue weighted by Gasteiger charge is -2.30. The number of hydrogen-bond acceptors (Lipinski definition) is 1. The van der Waals surface area contributed by atoms with Gasteiger partial charge in [-0.1, -0.05) is 78.9 Å². The van der Waals surface area contributed by atoms with Crippen LogP contribution in [-0.4, -0.2) is 6.26 Å². The van der Waals surface area contributed by atoms with Gasteiger partial charge in [0.25, 0.3) is 0 Å². The van der Waals surface area contributed by atoms with Crippen molar-refractivity contribution in [3.8, 4) is 22.3 Å². The van der Waals surface area contributed by atoms with Gasteiger partial charge in [0.1, 0.15) is 0 Å². The van der Waals surface area contributed by atoms with Crippen LogP contribution in [0.5, 0.6) is 0 Å². The molecule has 0 unspecified atom stereocenters. The molecular weight excluding hydrogens is 344 g/mol. The molecule has 0 saturated heterocycles. The topological polar surface area (TPSA) is 0 Å². The predicted molar refractivity (Wildman–Crippen MR) is 115 cm³/mol. The van der Waals surface area contributed by atoms with E-state index in [9.17, 15) is 0 Å². The van der Waals surface area contributed by atoms with Gasteiger partial charge in [-0.15, -0.1) is 11.8 Å². The second-order valence-electron chi connectivity index (χ2n) is 7.30. The maximum atomic E-state index is 2.42. The monoisotopic (exact) mass is 362 g/mol. The Bertz CT molecular complexity index is 1150. The lowest BCUT2D eigenvalue weighted by atomic mass is 9.70. The van der Waals surface area contributed by atoms with Crippen molar-refractivity contribution in [2.24, 2.45) is 0 Å². The highest BCUT2D eigenvalue weighted by Crippen LogP contribution is 2.62. The van der Waals surface area contributed by atoms with Crippen molar-refractivity contribution < 1.29 is 0 Å². The zero-order valence-electron chi connectivity index (χ0n) is 15.1. The second kappa shape index (κ2) is 5.37. The fourth-order valence-electron chi connectivity index (χ4n) is 5.20. The Balaban J connectivity index is 1.85. The van der Waals surface area contributed by atoms with E-state index in [4.69, 9.17) is 0 Å². The lowest BCUT2D eigenvalue weighted by Crippen LogP contribution is -2.25. The van der Waals surface area contributed by atoms with Crippen LogP contribution in [0.25, 0.3) is 22.3 Å². The van der Waals surface area contributed by atoms with Crippen molar-refractivity contribution in [3.05, 3.63) is 113 Å². The normalized spacial score (nSPS) is 14.6. The summed E-state index contributed by atoms with van der Waals surface area (Å²) in [6, 6.07) is 33.9. The van der Waals surface area contributed by atoms with Crippen LogP contribution >= 0.6 is 11.8 Å². The average molecular weight is 362 g/mol. The van der Waals surface area contributed by atoms with Crippen LogP contribution in [0.4, 0.5) is 0 Å². The van der Waals surface area contributed by atoms with Crippen LogP contribution in [0.2, 0.25) is 0 Å². The van der Waals surface area contributed by atoms with Crippen molar-refractivity contribution in [3.63, 3.8) is 0 Å². The highest BCUT2D eigenvalue weighted by Gasteiger charge is 2.51. The van der Waals surface area contributed by atoms with E-state index in [1.807, 2.05) is 11.8 Å². The molecule has 0 atom stereocenters. The molecule has 6 rings (SSSR count). The molecule has 27 heavy (non-hydrogen) atoms. The Morgan fingerprint density at radius 3 is 1.44 bits per heavy atom. The molecule has 0 fully saturated rings. The van der Waals surface area contributed by atoms with Crippen LogP contribution in [0.1, 0.15) is 22.3 Å². The molecule has 0 aromatic heterocycles. The number of thioether (sulfide) groups is 1. The summed E-state index contributed by atoms with van der Waals surface area (Å²) in [6.45, 7) is 0. The fraction of sp³-hybridized carbons (Fsp3) is 0.0769. The van der Waals surface area contributed by atoms with Crippen molar-refractivity contribution >= 4 is 11.8 Å². The summed E-state index contributed by atoms with van der Waals surface area (Å²) >= 11 is 1.82. The molecule has 0 heterocycles. The third-order valence-corrected chi connectivity index (χ3v) is 6.93. The molecule has 0 amide bonds. The van der Waals surface area contributed by atoms with E-state index in [1.54, 1.807) is 0 Å². The summed E-state index contributed by atoms with van der Waals surface area (Å²) in [4.78, 5) is 1.32. The van der Waals surface area contributed by atoms with Crippen molar-refractivity contribution in [1.82, 2.24) is 0 Å². The van der Waals surface area contributed by atoms with Crippen LogP contribution in [0.3, 0.4) is 0 Å². The largest absolute Gasteiger partial charge is 0.130 e. The molecule has 4 aromatic rings. The first-order chi connectivity index (χ1) is 13.4. The number of hydrogen-bond donors (Lipinski definition) is 0. The molecular formula is C26H18S. The van der Waals surface area contributed by atoms with Crippen LogP contribution in [0, 0.1) is 0 Å². The van der Waals surface area contributed by atoms with Gasteiger partial charge in [-0.25, -0.2) is 0 Å². The molecule has 1 heteroatoms. The Labute approximate surface area is 163 Å². The van der Waals surface area contributed by atoms with Gasteiger partial charge >= 0.3 is 0 Å². The number of benzene rings is 4. The third-order valence-electron chi connectivity index (χ3n) is 6.20. The van der Waals surface area contributed by atoms with E-state index in [-0.39, 0.29) is 5.41 Å². The summed E-state index contributed by atoms with van der Waals surface area (Å²) in [6.07, 6.45) is 2.16. The first-order valence-electron chi connectivity index (χ1n) is 9.33. The summed E-state index contributed by atoms with van der Waals surface area (Å²) in [7, 11) is 0. The smallest absolute Gasteiger partial charge is 0.0725 e. The van der Waals surface area contributed by atoms with Gasteiger partial charge in [0, 0.05) is 4.90 Å². The van der Waals surface area contributed by atoms with Gasteiger partial charge in [-0.05, 0) is 62.9 Å². The number of rotatable bonds is 1. The highest BCUT2D eigenvalue weighted by atomic mass is 32.2.